The first kappa shape index (κ1) is 17.9. The van der Waals surface area contributed by atoms with Crippen molar-refractivity contribution in [3.05, 3.63) is 34.8 Å². The van der Waals surface area contributed by atoms with E-state index in [2.05, 4.69) is 9.72 Å². The van der Waals surface area contributed by atoms with Crippen molar-refractivity contribution in [1.82, 2.24) is 4.98 Å². The van der Waals surface area contributed by atoms with Gasteiger partial charge in [-0.25, -0.2) is 14.6 Å². The van der Waals surface area contributed by atoms with E-state index in [0.717, 1.165) is 13.5 Å². The van der Waals surface area contributed by atoms with Crippen molar-refractivity contribution in [2.24, 2.45) is 0 Å². The lowest BCUT2D eigenvalue weighted by Crippen LogP contribution is -2.39. The first-order valence-electron chi connectivity index (χ1n) is 8.02. The molecule has 0 radical (unpaired) electrons. The third-order valence-corrected chi connectivity index (χ3v) is 4.06. The van der Waals surface area contributed by atoms with Crippen LogP contribution in [0.15, 0.2) is 18.2 Å². The number of rotatable bonds is 5. The zero-order valence-corrected chi connectivity index (χ0v) is 14.4. The molecule has 2 heterocycles. The molecular weight excluding hydrogens is 344 g/mol. The molecule has 1 aliphatic rings. The minimum absolute atomic E-state index is 0.0101. The van der Waals surface area contributed by atoms with Crippen LogP contribution in [0.3, 0.4) is 0 Å². The summed E-state index contributed by atoms with van der Waals surface area (Å²) >= 11 is 0. The Hall–Kier alpha value is -2.94. The predicted molar refractivity (Wildman–Crippen MR) is 87.4 cm³/mol. The molecule has 0 bridgehead atoms. The summed E-state index contributed by atoms with van der Waals surface area (Å²) < 4.78 is 20.6. The molecule has 138 valence electrons. The third-order valence-electron chi connectivity index (χ3n) is 4.06. The van der Waals surface area contributed by atoms with Gasteiger partial charge in [0.2, 0.25) is 5.52 Å². The van der Waals surface area contributed by atoms with Crippen LogP contribution in [0.1, 0.15) is 29.0 Å². The van der Waals surface area contributed by atoms with E-state index in [9.17, 15) is 14.8 Å². The molecule has 0 spiro atoms. The van der Waals surface area contributed by atoms with E-state index in [1.807, 2.05) is 0 Å². The second-order valence-corrected chi connectivity index (χ2v) is 5.66. The fourth-order valence-corrected chi connectivity index (χ4v) is 2.72. The zero-order chi connectivity index (χ0) is 18.7. The maximum absolute atomic E-state index is 12.7. The van der Waals surface area contributed by atoms with Gasteiger partial charge in [0, 0.05) is 6.61 Å². The van der Waals surface area contributed by atoms with Gasteiger partial charge in [-0.15, -0.1) is 0 Å². The van der Waals surface area contributed by atoms with Crippen LogP contribution in [0.2, 0.25) is 0 Å². The Kier molecular flexibility index (Phi) is 5.17. The van der Waals surface area contributed by atoms with E-state index in [0.29, 0.717) is 29.0 Å². The Morgan fingerprint density at radius 2 is 2.19 bits per heavy atom. The van der Waals surface area contributed by atoms with Crippen LogP contribution in [0.25, 0.3) is 11.0 Å². The maximum Gasteiger partial charge on any atom is 0.406 e. The molecule has 1 saturated heterocycles. The fraction of sp³-hybridized carbons (Fsp3) is 0.412. The highest BCUT2D eigenvalue weighted by Gasteiger charge is 2.30. The van der Waals surface area contributed by atoms with Crippen molar-refractivity contribution in [3.8, 4) is 5.75 Å². The molecule has 3 rings (SSSR count). The number of hydrogen-bond acceptors (Lipinski definition) is 8. The van der Waals surface area contributed by atoms with Gasteiger partial charge in [0.05, 0.1) is 20.3 Å². The summed E-state index contributed by atoms with van der Waals surface area (Å²) in [5.74, 6) is -0.981. The second kappa shape index (κ2) is 7.52. The number of aromatic nitrogens is 2. The van der Waals surface area contributed by atoms with Crippen LogP contribution in [0.5, 0.6) is 5.75 Å². The molecule has 1 aromatic carbocycles. The fourth-order valence-electron chi connectivity index (χ4n) is 2.72. The molecule has 1 fully saturated rings. The van der Waals surface area contributed by atoms with Crippen molar-refractivity contribution in [1.29, 1.82) is 0 Å². The number of methoxy groups -OCH3 is 2. The van der Waals surface area contributed by atoms with Gasteiger partial charge in [-0.3, -0.25) is 0 Å². The highest BCUT2D eigenvalue weighted by molar-refractivity contribution is 5.88. The molecule has 2 aromatic rings. The lowest BCUT2D eigenvalue weighted by molar-refractivity contribution is -0.581. The molecule has 1 aromatic heterocycles. The van der Waals surface area contributed by atoms with Crippen LogP contribution in [0.4, 0.5) is 0 Å². The van der Waals surface area contributed by atoms with Gasteiger partial charge in [-0.05, 0) is 25.0 Å². The summed E-state index contributed by atoms with van der Waals surface area (Å²) in [4.78, 5) is 28.4. The Labute approximate surface area is 149 Å². The van der Waals surface area contributed by atoms with Crippen molar-refractivity contribution >= 4 is 23.0 Å². The van der Waals surface area contributed by atoms with Gasteiger partial charge in [0.15, 0.2) is 11.8 Å². The topological polar surface area (TPSA) is 111 Å². The molecule has 9 heteroatoms. The SMILES string of the molecule is COC(=O)c1c(COC(=O)C2CCCO2)nc2ccc(OC)cc2[n+]1[O-]. The summed E-state index contributed by atoms with van der Waals surface area (Å²) in [7, 11) is 2.62. The summed E-state index contributed by atoms with van der Waals surface area (Å²) in [6.07, 6.45) is 0.736. The molecule has 1 unspecified atom stereocenters. The van der Waals surface area contributed by atoms with Crippen molar-refractivity contribution in [3.63, 3.8) is 0 Å². The van der Waals surface area contributed by atoms with Crippen molar-refractivity contribution in [2.45, 2.75) is 25.6 Å². The molecular formula is C17H18N2O7. The second-order valence-electron chi connectivity index (χ2n) is 5.66. The van der Waals surface area contributed by atoms with Crippen molar-refractivity contribution in [2.75, 3.05) is 20.8 Å². The van der Waals surface area contributed by atoms with Crippen LogP contribution >= 0.6 is 0 Å². The number of benzene rings is 1. The summed E-state index contributed by atoms with van der Waals surface area (Å²) in [5, 5.41) is 12.7. The van der Waals surface area contributed by atoms with Gasteiger partial charge in [0.25, 0.3) is 0 Å². The van der Waals surface area contributed by atoms with E-state index in [1.54, 1.807) is 12.1 Å². The first-order valence-corrected chi connectivity index (χ1v) is 8.02. The van der Waals surface area contributed by atoms with Gasteiger partial charge in [-0.1, -0.05) is 0 Å². The van der Waals surface area contributed by atoms with Crippen LogP contribution < -0.4 is 9.47 Å². The monoisotopic (exact) mass is 362 g/mol. The average molecular weight is 362 g/mol. The van der Waals surface area contributed by atoms with E-state index in [4.69, 9.17) is 14.2 Å². The van der Waals surface area contributed by atoms with Gasteiger partial charge in [-0.2, -0.15) is 4.73 Å². The Morgan fingerprint density at radius 1 is 1.38 bits per heavy atom. The molecule has 0 N–H and O–H groups in total. The van der Waals surface area contributed by atoms with Crippen molar-refractivity contribution < 1.29 is 33.3 Å². The molecule has 0 saturated carbocycles. The maximum atomic E-state index is 12.7. The summed E-state index contributed by atoms with van der Waals surface area (Å²) in [6, 6.07) is 4.67. The lowest BCUT2D eigenvalue weighted by Gasteiger charge is -2.13. The smallest absolute Gasteiger partial charge is 0.406 e. The van der Waals surface area contributed by atoms with E-state index >= 15 is 0 Å². The molecule has 1 aliphatic heterocycles. The van der Waals surface area contributed by atoms with E-state index in [-0.39, 0.29) is 23.5 Å². The van der Waals surface area contributed by atoms with E-state index in [1.165, 1.54) is 13.2 Å². The molecule has 9 nitrogen and oxygen atoms in total. The average Bonchev–Trinajstić information content (AvgIpc) is 3.20. The normalized spacial score (nSPS) is 16.5. The molecule has 0 amide bonds. The highest BCUT2D eigenvalue weighted by Crippen LogP contribution is 2.20. The Bertz CT molecular complexity index is 847. The number of carbonyl (C=O) groups excluding carboxylic acids is 2. The Balaban J connectivity index is 1.96. The number of nitrogens with zero attached hydrogens (tertiary/aromatic N) is 2. The number of hydrogen-bond donors (Lipinski definition) is 0. The number of esters is 2. The lowest BCUT2D eigenvalue weighted by atomic mass is 10.2. The molecule has 1 atom stereocenters. The number of ether oxygens (including phenoxy) is 4. The molecule has 26 heavy (non-hydrogen) atoms. The largest absolute Gasteiger partial charge is 0.618 e. The quantitative estimate of drug-likeness (QED) is 0.438. The van der Waals surface area contributed by atoms with E-state index < -0.39 is 18.0 Å². The van der Waals surface area contributed by atoms with Crippen LogP contribution in [-0.2, 0) is 25.6 Å². The summed E-state index contributed by atoms with van der Waals surface area (Å²) in [5.41, 5.74) is 0.139. The number of carbonyl (C=O) groups is 2. The zero-order valence-electron chi connectivity index (χ0n) is 14.4. The van der Waals surface area contributed by atoms with Gasteiger partial charge < -0.3 is 24.2 Å². The first-order chi connectivity index (χ1) is 12.5. The standard InChI is InChI=1S/C17H18N2O7/c1-23-10-5-6-11-13(8-10)19(22)15(17(21)24-2)12(18-11)9-26-16(20)14-4-3-7-25-14/h5-6,8,14H,3-4,7,9H2,1-2H3. The van der Waals surface area contributed by atoms with Crippen LogP contribution in [-0.4, -0.2) is 43.9 Å². The minimum atomic E-state index is -0.875. The van der Waals surface area contributed by atoms with Crippen LogP contribution in [0, 0.1) is 5.21 Å². The molecule has 0 aliphatic carbocycles. The number of fused-ring (bicyclic) bond motifs is 1. The predicted octanol–water partition coefficient (Wildman–Crippen LogP) is 0.886. The third kappa shape index (κ3) is 3.38. The van der Waals surface area contributed by atoms with Gasteiger partial charge in [0.1, 0.15) is 17.9 Å². The summed E-state index contributed by atoms with van der Waals surface area (Å²) in [6.45, 7) is 0.164. The van der Waals surface area contributed by atoms with Gasteiger partial charge >= 0.3 is 17.6 Å². The Morgan fingerprint density at radius 3 is 2.85 bits per heavy atom. The minimum Gasteiger partial charge on any atom is -0.618 e. The highest BCUT2D eigenvalue weighted by atomic mass is 16.6.